The molecule has 0 bridgehead atoms. The molecule has 0 unspecified atom stereocenters. The molecule has 0 aliphatic heterocycles. The second-order valence-electron chi connectivity index (χ2n) is 3.78. The molecule has 0 amide bonds. The summed E-state index contributed by atoms with van der Waals surface area (Å²) in [6, 6.07) is 2.08. The van der Waals surface area contributed by atoms with Crippen molar-refractivity contribution >= 4 is 15.9 Å². The summed E-state index contributed by atoms with van der Waals surface area (Å²) in [6.45, 7) is 4.59. The average molecular weight is 302 g/mol. The van der Waals surface area contributed by atoms with Gasteiger partial charge in [-0.1, -0.05) is 0 Å². The van der Waals surface area contributed by atoms with E-state index in [-0.39, 0.29) is 0 Å². The summed E-state index contributed by atoms with van der Waals surface area (Å²) < 4.78 is 5.98. The SMILES string of the molecule is COCCNCCCNCc1cncc(Br)c1. The van der Waals surface area contributed by atoms with Crippen LogP contribution >= 0.6 is 15.9 Å². The number of halogens is 1. The maximum Gasteiger partial charge on any atom is 0.0587 e. The predicted molar refractivity (Wildman–Crippen MR) is 73.0 cm³/mol. The summed E-state index contributed by atoms with van der Waals surface area (Å²) in [5.41, 5.74) is 1.20. The first-order chi connectivity index (χ1) is 8.33. The van der Waals surface area contributed by atoms with Crippen molar-refractivity contribution in [2.45, 2.75) is 13.0 Å². The lowest BCUT2D eigenvalue weighted by Gasteiger charge is -2.06. The molecule has 4 nitrogen and oxygen atoms in total. The van der Waals surface area contributed by atoms with Gasteiger partial charge >= 0.3 is 0 Å². The number of pyridine rings is 1. The van der Waals surface area contributed by atoms with E-state index >= 15 is 0 Å². The van der Waals surface area contributed by atoms with Crippen LogP contribution in [0.1, 0.15) is 12.0 Å². The van der Waals surface area contributed by atoms with E-state index in [0.717, 1.165) is 43.7 Å². The minimum atomic E-state index is 0.775. The van der Waals surface area contributed by atoms with Crippen LogP contribution in [0.2, 0.25) is 0 Å². The van der Waals surface area contributed by atoms with Crippen LogP contribution in [0.25, 0.3) is 0 Å². The molecule has 96 valence electrons. The van der Waals surface area contributed by atoms with Gasteiger partial charge in [0.2, 0.25) is 0 Å². The number of nitrogens with zero attached hydrogens (tertiary/aromatic N) is 1. The topological polar surface area (TPSA) is 46.2 Å². The standard InChI is InChI=1S/C12H20BrN3O/c1-17-6-5-14-3-2-4-15-8-11-7-12(13)10-16-9-11/h7,9-10,14-15H,2-6,8H2,1H3. The van der Waals surface area contributed by atoms with Crippen LogP contribution in [0.5, 0.6) is 0 Å². The molecule has 0 radical (unpaired) electrons. The molecule has 0 aromatic carbocycles. The van der Waals surface area contributed by atoms with Crippen molar-refractivity contribution < 1.29 is 4.74 Å². The van der Waals surface area contributed by atoms with Gasteiger partial charge in [-0.2, -0.15) is 0 Å². The molecule has 17 heavy (non-hydrogen) atoms. The third kappa shape index (κ3) is 7.44. The molecular weight excluding hydrogens is 282 g/mol. The van der Waals surface area contributed by atoms with Gasteiger partial charge in [0.1, 0.15) is 0 Å². The smallest absolute Gasteiger partial charge is 0.0587 e. The van der Waals surface area contributed by atoms with Crippen molar-refractivity contribution in [1.29, 1.82) is 0 Å². The Hall–Kier alpha value is -0.490. The van der Waals surface area contributed by atoms with Crippen LogP contribution < -0.4 is 10.6 Å². The van der Waals surface area contributed by atoms with Crippen LogP contribution in [0.15, 0.2) is 22.9 Å². The highest BCUT2D eigenvalue weighted by molar-refractivity contribution is 9.10. The van der Waals surface area contributed by atoms with Gasteiger partial charge in [0.25, 0.3) is 0 Å². The van der Waals surface area contributed by atoms with Crippen LogP contribution in [-0.4, -0.2) is 38.3 Å². The van der Waals surface area contributed by atoms with Gasteiger partial charge in [0.15, 0.2) is 0 Å². The zero-order chi connectivity index (χ0) is 12.3. The van der Waals surface area contributed by atoms with Crippen LogP contribution in [-0.2, 0) is 11.3 Å². The predicted octanol–water partition coefficient (Wildman–Crippen LogP) is 1.56. The summed E-state index contributed by atoms with van der Waals surface area (Å²) in [4.78, 5) is 4.12. The lowest BCUT2D eigenvalue weighted by molar-refractivity contribution is 0.199. The number of rotatable bonds is 9. The Bertz CT molecular complexity index is 310. The van der Waals surface area contributed by atoms with E-state index in [9.17, 15) is 0 Å². The van der Waals surface area contributed by atoms with Crippen molar-refractivity contribution in [3.05, 3.63) is 28.5 Å². The molecule has 1 aromatic rings. The number of ether oxygens (including phenoxy) is 1. The minimum Gasteiger partial charge on any atom is -0.383 e. The molecule has 0 fully saturated rings. The van der Waals surface area contributed by atoms with E-state index in [2.05, 4.69) is 37.6 Å². The van der Waals surface area contributed by atoms with E-state index in [4.69, 9.17) is 4.74 Å². The number of nitrogens with one attached hydrogen (secondary N) is 2. The van der Waals surface area contributed by atoms with E-state index in [1.807, 2.05) is 6.20 Å². The van der Waals surface area contributed by atoms with Crippen molar-refractivity contribution in [2.24, 2.45) is 0 Å². The van der Waals surface area contributed by atoms with Crippen LogP contribution in [0.3, 0.4) is 0 Å². The molecular formula is C12H20BrN3O. The summed E-state index contributed by atoms with van der Waals surface area (Å²) in [7, 11) is 1.72. The first-order valence-electron chi connectivity index (χ1n) is 5.82. The Kier molecular flexibility index (Phi) is 8.17. The molecule has 2 N–H and O–H groups in total. The Balaban J connectivity index is 1.97. The second-order valence-corrected chi connectivity index (χ2v) is 4.70. The molecule has 0 saturated heterocycles. The highest BCUT2D eigenvalue weighted by Crippen LogP contribution is 2.08. The molecule has 1 rings (SSSR count). The van der Waals surface area contributed by atoms with Crippen molar-refractivity contribution in [2.75, 3.05) is 33.4 Å². The third-order valence-electron chi connectivity index (χ3n) is 2.28. The lowest BCUT2D eigenvalue weighted by atomic mass is 10.3. The maximum atomic E-state index is 4.95. The zero-order valence-electron chi connectivity index (χ0n) is 10.2. The molecule has 0 atom stereocenters. The summed E-state index contributed by atoms with van der Waals surface area (Å²) in [5, 5.41) is 6.70. The first kappa shape index (κ1) is 14.6. The monoisotopic (exact) mass is 301 g/mol. The Morgan fingerprint density at radius 2 is 2.06 bits per heavy atom. The Labute approximate surface area is 111 Å². The normalized spacial score (nSPS) is 10.7. The number of aromatic nitrogens is 1. The summed E-state index contributed by atoms with van der Waals surface area (Å²) in [5.74, 6) is 0. The number of hydrogen-bond donors (Lipinski definition) is 2. The Morgan fingerprint density at radius 3 is 2.82 bits per heavy atom. The van der Waals surface area contributed by atoms with E-state index in [1.54, 1.807) is 13.3 Å². The minimum absolute atomic E-state index is 0.775. The van der Waals surface area contributed by atoms with Crippen molar-refractivity contribution in [1.82, 2.24) is 15.6 Å². The average Bonchev–Trinajstić information content (AvgIpc) is 2.33. The number of methoxy groups -OCH3 is 1. The fraction of sp³-hybridized carbons (Fsp3) is 0.583. The molecule has 1 heterocycles. The number of hydrogen-bond acceptors (Lipinski definition) is 4. The molecule has 5 heteroatoms. The lowest BCUT2D eigenvalue weighted by Crippen LogP contribution is -2.24. The van der Waals surface area contributed by atoms with E-state index in [1.165, 1.54) is 5.56 Å². The maximum absolute atomic E-state index is 4.95. The largest absolute Gasteiger partial charge is 0.383 e. The van der Waals surface area contributed by atoms with Gasteiger partial charge in [-0.3, -0.25) is 4.98 Å². The van der Waals surface area contributed by atoms with Gasteiger partial charge in [-0.25, -0.2) is 0 Å². The molecule has 0 aliphatic rings. The van der Waals surface area contributed by atoms with Gasteiger partial charge in [-0.05, 0) is 47.1 Å². The van der Waals surface area contributed by atoms with E-state index in [0.29, 0.717) is 0 Å². The van der Waals surface area contributed by atoms with Gasteiger partial charge in [-0.15, -0.1) is 0 Å². The highest BCUT2D eigenvalue weighted by atomic mass is 79.9. The van der Waals surface area contributed by atoms with Crippen molar-refractivity contribution in [3.8, 4) is 0 Å². The van der Waals surface area contributed by atoms with E-state index < -0.39 is 0 Å². The molecule has 1 aromatic heterocycles. The molecule has 0 saturated carbocycles. The van der Waals surface area contributed by atoms with Gasteiger partial charge < -0.3 is 15.4 Å². The van der Waals surface area contributed by atoms with Crippen molar-refractivity contribution in [3.63, 3.8) is 0 Å². The highest BCUT2D eigenvalue weighted by Gasteiger charge is 1.94. The first-order valence-corrected chi connectivity index (χ1v) is 6.62. The quantitative estimate of drug-likeness (QED) is 0.680. The fourth-order valence-electron chi connectivity index (χ4n) is 1.42. The molecule has 0 spiro atoms. The zero-order valence-corrected chi connectivity index (χ0v) is 11.8. The summed E-state index contributed by atoms with van der Waals surface area (Å²) >= 11 is 3.41. The van der Waals surface area contributed by atoms with Gasteiger partial charge in [0, 0.05) is 37.1 Å². The van der Waals surface area contributed by atoms with Gasteiger partial charge in [0.05, 0.1) is 6.61 Å². The summed E-state index contributed by atoms with van der Waals surface area (Å²) in [6.07, 6.45) is 4.79. The Morgan fingerprint density at radius 1 is 1.24 bits per heavy atom. The van der Waals surface area contributed by atoms with Crippen LogP contribution in [0.4, 0.5) is 0 Å². The fourth-order valence-corrected chi connectivity index (χ4v) is 1.84. The second kappa shape index (κ2) is 9.53. The molecule has 0 aliphatic carbocycles. The van der Waals surface area contributed by atoms with Crippen LogP contribution in [0, 0.1) is 0 Å². The third-order valence-corrected chi connectivity index (χ3v) is 2.71.